The van der Waals surface area contributed by atoms with E-state index < -0.39 is 33.0 Å². The molecule has 170 valence electrons. The van der Waals surface area contributed by atoms with Crippen molar-refractivity contribution < 1.29 is 31.5 Å². The number of nitrogens with one attached hydrogen (secondary N) is 1. The zero-order chi connectivity index (χ0) is 23.4. The van der Waals surface area contributed by atoms with Crippen LogP contribution < -0.4 is 9.46 Å². The van der Waals surface area contributed by atoms with E-state index in [0.29, 0.717) is 6.54 Å². The summed E-state index contributed by atoms with van der Waals surface area (Å²) in [5, 5.41) is 0. The predicted molar refractivity (Wildman–Crippen MR) is 113 cm³/mol. The number of hydrogen-bond donors (Lipinski definition) is 1. The van der Waals surface area contributed by atoms with Crippen molar-refractivity contribution in [2.75, 3.05) is 6.54 Å². The summed E-state index contributed by atoms with van der Waals surface area (Å²) in [6.45, 7) is -1.32. The largest absolute Gasteiger partial charge is 0.435 e. The lowest BCUT2D eigenvalue weighted by atomic mass is 9.85. The molecule has 1 unspecified atom stereocenters. The number of carbonyl (C=O) groups is 2. The van der Waals surface area contributed by atoms with Crippen LogP contribution in [-0.2, 0) is 19.6 Å². The molecule has 1 fully saturated rings. The van der Waals surface area contributed by atoms with E-state index in [2.05, 4.69) is 4.74 Å². The maximum absolute atomic E-state index is 12.8. The van der Waals surface area contributed by atoms with E-state index in [-0.39, 0.29) is 24.5 Å². The Kier molecular flexibility index (Phi) is 6.93. The lowest BCUT2D eigenvalue weighted by molar-refractivity contribution is -0.155. The van der Waals surface area contributed by atoms with Crippen molar-refractivity contribution in [2.45, 2.75) is 36.8 Å². The summed E-state index contributed by atoms with van der Waals surface area (Å²) in [7, 11) is -4.36. The Morgan fingerprint density at radius 1 is 1.19 bits per heavy atom. The summed E-state index contributed by atoms with van der Waals surface area (Å²) in [6.07, 6.45) is 3.81. The first-order chi connectivity index (χ1) is 15.1. The van der Waals surface area contributed by atoms with Crippen LogP contribution in [0.2, 0.25) is 0 Å². The van der Waals surface area contributed by atoms with E-state index in [1.807, 2.05) is 35.1 Å². The third-order valence-corrected chi connectivity index (χ3v) is 6.51. The number of alkyl halides is 2. The number of amides is 2. The van der Waals surface area contributed by atoms with E-state index in [0.717, 1.165) is 17.7 Å². The summed E-state index contributed by atoms with van der Waals surface area (Å²) < 4.78 is 56.1. The summed E-state index contributed by atoms with van der Waals surface area (Å²) in [5.74, 6) is -1.54. The van der Waals surface area contributed by atoms with Crippen LogP contribution in [0.3, 0.4) is 0 Å². The first-order valence-electron chi connectivity index (χ1n) is 9.76. The zero-order valence-corrected chi connectivity index (χ0v) is 18.0. The number of carbonyl (C=O) groups excluding carboxylic acids is 2. The lowest BCUT2D eigenvalue weighted by Crippen LogP contribution is -2.67. The molecule has 10 heteroatoms. The molecule has 7 nitrogen and oxygen atoms in total. The van der Waals surface area contributed by atoms with Crippen LogP contribution in [0, 0.1) is 0 Å². The number of ether oxygens (including phenoxy) is 1. The maximum atomic E-state index is 12.8. The van der Waals surface area contributed by atoms with Crippen LogP contribution in [0.1, 0.15) is 25.3 Å². The van der Waals surface area contributed by atoms with Gasteiger partial charge in [0.25, 0.3) is 15.9 Å². The van der Waals surface area contributed by atoms with Crippen molar-refractivity contribution in [1.29, 1.82) is 0 Å². The molecule has 2 aromatic carbocycles. The van der Waals surface area contributed by atoms with Crippen LogP contribution >= 0.6 is 0 Å². The van der Waals surface area contributed by atoms with Crippen LogP contribution in [0.4, 0.5) is 8.78 Å². The minimum atomic E-state index is -4.36. The summed E-state index contributed by atoms with van der Waals surface area (Å²) in [4.78, 5) is 26.2. The van der Waals surface area contributed by atoms with Crippen LogP contribution in [-0.4, -0.2) is 43.8 Å². The van der Waals surface area contributed by atoms with Crippen molar-refractivity contribution in [3.05, 3.63) is 66.2 Å². The molecule has 1 N–H and O–H groups in total. The normalized spacial score (nSPS) is 18.4. The summed E-state index contributed by atoms with van der Waals surface area (Å²) in [5.41, 5.74) is -0.407. The average Bonchev–Trinajstić information content (AvgIpc) is 2.72. The molecule has 0 saturated carbocycles. The fourth-order valence-electron chi connectivity index (χ4n) is 3.27. The number of benzene rings is 2. The van der Waals surface area contributed by atoms with Gasteiger partial charge < -0.3 is 9.64 Å². The predicted octanol–water partition coefficient (Wildman–Crippen LogP) is 3.19. The highest BCUT2D eigenvalue weighted by atomic mass is 32.2. The molecule has 1 aliphatic rings. The molecule has 2 aromatic rings. The van der Waals surface area contributed by atoms with E-state index >= 15 is 0 Å². The smallest absolute Gasteiger partial charge is 0.387 e. The second kappa shape index (κ2) is 9.47. The minimum absolute atomic E-state index is 0.0531. The van der Waals surface area contributed by atoms with Crippen LogP contribution in [0.5, 0.6) is 5.75 Å². The first-order valence-corrected chi connectivity index (χ1v) is 11.2. The van der Waals surface area contributed by atoms with E-state index in [1.54, 1.807) is 12.2 Å². The summed E-state index contributed by atoms with van der Waals surface area (Å²) in [6, 6.07) is 13.8. The van der Waals surface area contributed by atoms with Gasteiger partial charge in [0, 0.05) is 19.0 Å². The van der Waals surface area contributed by atoms with E-state index in [9.17, 15) is 26.8 Å². The molecule has 0 aromatic heterocycles. The van der Waals surface area contributed by atoms with Crippen LogP contribution in [0.25, 0.3) is 6.08 Å². The molecule has 0 aliphatic carbocycles. The van der Waals surface area contributed by atoms with Crippen LogP contribution in [0.15, 0.2) is 65.6 Å². The SMILES string of the molecule is CC1(C(=O)NS(=O)(=O)c2cccc(OC(F)F)c2)CCN1C(=O)C/C=C/c1ccccc1. The molecule has 3 rings (SSSR count). The molecular formula is C22H22F2N2O5S. The molecule has 1 atom stereocenters. The van der Waals surface area contributed by atoms with Crippen molar-refractivity contribution in [1.82, 2.24) is 9.62 Å². The van der Waals surface area contributed by atoms with Crippen molar-refractivity contribution in [3.63, 3.8) is 0 Å². The van der Waals surface area contributed by atoms with E-state index in [4.69, 9.17) is 0 Å². The number of likely N-dealkylation sites (tertiary alicyclic amines) is 1. The topological polar surface area (TPSA) is 92.8 Å². The second-order valence-corrected chi connectivity index (χ2v) is 9.06. The fourth-order valence-corrected chi connectivity index (χ4v) is 4.38. The monoisotopic (exact) mass is 464 g/mol. The maximum Gasteiger partial charge on any atom is 0.387 e. The molecule has 1 heterocycles. The van der Waals surface area contributed by atoms with Gasteiger partial charge in [-0.3, -0.25) is 9.59 Å². The summed E-state index contributed by atoms with van der Waals surface area (Å²) >= 11 is 0. The minimum Gasteiger partial charge on any atom is -0.435 e. The fraction of sp³-hybridized carbons (Fsp3) is 0.273. The van der Waals surface area contributed by atoms with Crippen molar-refractivity contribution in [2.24, 2.45) is 0 Å². The molecule has 0 bridgehead atoms. The van der Waals surface area contributed by atoms with Gasteiger partial charge in [0.05, 0.1) is 4.90 Å². The molecular weight excluding hydrogens is 442 g/mol. The van der Waals surface area contributed by atoms with Gasteiger partial charge in [0.15, 0.2) is 0 Å². The highest BCUT2D eigenvalue weighted by molar-refractivity contribution is 7.90. The number of rotatable bonds is 8. The Morgan fingerprint density at radius 2 is 1.91 bits per heavy atom. The van der Waals surface area contributed by atoms with E-state index in [1.165, 1.54) is 24.0 Å². The second-order valence-electron chi connectivity index (χ2n) is 7.37. The number of halogens is 2. The van der Waals surface area contributed by atoms with Gasteiger partial charge >= 0.3 is 6.61 Å². The molecule has 32 heavy (non-hydrogen) atoms. The standard InChI is InChI=1S/C22H22F2N2O5S/c1-22(13-14-26(22)19(27)12-5-9-16-7-3-2-4-8-16)20(28)25-32(29,30)18-11-6-10-17(15-18)31-21(23)24/h2-11,15,21H,12-14H2,1H3,(H,25,28)/b9-5+. The average molecular weight is 464 g/mol. The Hall–Kier alpha value is -3.27. The van der Waals surface area contributed by atoms with Gasteiger partial charge in [-0.2, -0.15) is 8.78 Å². The quantitative estimate of drug-likeness (QED) is 0.648. The Bertz CT molecular complexity index is 1120. The highest BCUT2D eigenvalue weighted by Crippen LogP contribution is 2.32. The Balaban J connectivity index is 1.66. The number of hydrogen-bond acceptors (Lipinski definition) is 5. The van der Waals surface area contributed by atoms with Gasteiger partial charge in [-0.1, -0.05) is 48.6 Å². The molecule has 0 radical (unpaired) electrons. The third-order valence-electron chi connectivity index (χ3n) is 5.18. The van der Waals surface area contributed by atoms with Gasteiger partial charge in [0.2, 0.25) is 5.91 Å². The van der Waals surface area contributed by atoms with Gasteiger partial charge in [-0.25, -0.2) is 13.1 Å². The zero-order valence-electron chi connectivity index (χ0n) is 17.2. The molecule has 2 amide bonds. The Morgan fingerprint density at radius 3 is 2.53 bits per heavy atom. The molecule has 0 spiro atoms. The molecule has 1 aliphatic heterocycles. The highest BCUT2D eigenvalue weighted by Gasteiger charge is 2.50. The number of nitrogens with zero attached hydrogens (tertiary/aromatic N) is 1. The lowest BCUT2D eigenvalue weighted by Gasteiger charge is -2.48. The van der Waals surface area contributed by atoms with Gasteiger partial charge in [-0.05, 0) is 31.0 Å². The van der Waals surface area contributed by atoms with Gasteiger partial charge in [-0.15, -0.1) is 0 Å². The van der Waals surface area contributed by atoms with Crippen molar-refractivity contribution >= 4 is 27.9 Å². The molecule has 1 saturated heterocycles. The van der Waals surface area contributed by atoms with Crippen molar-refractivity contribution in [3.8, 4) is 5.75 Å². The van der Waals surface area contributed by atoms with Gasteiger partial charge in [0.1, 0.15) is 11.3 Å². The third kappa shape index (κ3) is 5.31. The Labute approximate surface area is 184 Å². The first kappa shape index (κ1) is 23.4. The number of sulfonamides is 1.